The third-order valence-corrected chi connectivity index (χ3v) is 6.05. The van der Waals surface area contributed by atoms with Gasteiger partial charge in [-0.1, -0.05) is 30.0 Å². The van der Waals surface area contributed by atoms with Crippen molar-refractivity contribution in [1.82, 2.24) is 14.5 Å². The number of aromatic nitrogens is 2. The van der Waals surface area contributed by atoms with Crippen LogP contribution in [0, 0.1) is 11.8 Å². The van der Waals surface area contributed by atoms with Gasteiger partial charge >= 0.3 is 0 Å². The molecule has 2 aliphatic heterocycles. The lowest BCUT2D eigenvalue weighted by Gasteiger charge is -2.35. The van der Waals surface area contributed by atoms with Gasteiger partial charge < -0.3 is 19.1 Å². The summed E-state index contributed by atoms with van der Waals surface area (Å²) in [6.07, 6.45) is 5.35. The predicted molar refractivity (Wildman–Crippen MR) is 124 cm³/mol. The van der Waals surface area contributed by atoms with E-state index < -0.39 is 0 Å². The molecular formula is C24H31N5O2. The first-order valence-corrected chi connectivity index (χ1v) is 11.1. The Morgan fingerprint density at radius 2 is 1.74 bits per heavy atom. The van der Waals surface area contributed by atoms with Crippen LogP contribution in [0.2, 0.25) is 0 Å². The molecule has 7 nitrogen and oxygen atoms in total. The molecule has 3 heterocycles. The number of hydrogen-bond acceptors (Lipinski definition) is 6. The number of hydrogen-bond donors (Lipinski definition) is 0. The Morgan fingerprint density at radius 3 is 2.48 bits per heavy atom. The number of anilines is 2. The van der Waals surface area contributed by atoms with E-state index in [0.29, 0.717) is 12.4 Å². The van der Waals surface area contributed by atoms with E-state index in [9.17, 15) is 4.79 Å². The van der Waals surface area contributed by atoms with Crippen molar-refractivity contribution in [1.29, 1.82) is 0 Å². The first-order chi connectivity index (χ1) is 15.2. The fraction of sp³-hybridized carbons (Fsp3) is 0.500. The van der Waals surface area contributed by atoms with Gasteiger partial charge in [0.1, 0.15) is 6.61 Å². The minimum absolute atomic E-state index is 0.0441. The summed E-state index contributed by atoms with van der Waals surface area (Å²) in [7, 11) is 1.76. The minimum Gasteiger partial charge on any atom is -0.369 e. The van der Waals surface area contributed by atoms with E-state index >= 15 is 0 Å². The monoisotopic (exact) mass is 421 g/mol. The molecule has 0 aliphatic carbocycles. The number of benzene rings is 1. The van der Waals surface area contributed by atoms with Crippen molar-refractivity contribution < 1.29 is 4.74 Å². The smallest absolute Gasteiger partial charge is 0.293 e. The average molecular weight is 422 g/mol. The highest BCUT2D eigenvalue weighted by Gasteiger charge is 2.22. The summed E-state index contributed by atoms with van der Waals surface area (Å²) in [6.45, 7) is 7.01. The molecule has 2 saturated heterocycles. The third kappa shape index (κ3) is 5.66. The Kier molecular flexibility index (Phi) is 7.23. The second kappa shape index (κ2) is 10.5. The van der Waals surface area contributed by atoms with Crippen molar-refractivity contribution >= 4 is 11.5 Å². The SMILES string of the molecule is Cn1ccnc(N2CCC(OCC#CCN3CCN(c4ccccc4)CC3)CC2)c1=O. The molecule has 2 aromatic rings. The van der Waals surface area contributed by atoms with Crippen LogP contribution in [0.25, 0.3) is 0 Å². The zero-order valence-corrected chi connectivity index (χ0v) is 18.2. The van der Waals surface area contributed by atoms with Crippen LogP contribution < -0.4 is 15.4 Å². The van der Waals surface area contributed by atoms with Gasteiger partial charge in [0.05, 0.1) is 12.6 Å². The standard InChI is InChI=1S/C24H31N5O2/c1-26-15-11-25-23(24(26)30)29-13-9-22(10-14-29)31-20-6-5-12-27-16-18-28(19-17-27)21-7-3-2-4-8-21/h2-4,7-8,11,15,22H,9-10,12-14,16-20H2,1H3. The van der Waals surface area contributed by atoms with Gasteiger partial charge in [-0.25, -0.2) is 4.98 Å². The highest BCUT2D eigenvalue weighted by atomic mass is 16.5. The maximum Gasteiger partial charge on any atom is 0.293 e. The molecule has 0 N–H and O–H groups in total. The minimum atomic E-state index is -0.0441. The fourth-order valence-electron chi connectivity index (χ4n) is 4.12. The van der Waals surface area contributed by atoms with E-state index in [-0.39, 0.29) is 11.7 Å². The van der Waals surface area contributed by atoms with E-state index in [1.54, 1.807) is 24.0 Å². The summed E-state index contributed by atoms with van der Waals surface area (Å²) in [5, 5.41) is 0. The zero-order valence-electron chi connectivity index (χ0n) is 18.2. The Balaban J connectivity index is 1.13. The number of rotatable bonds is 5. The Bertz CT molecular complexity index is 949. The summed E-state index contributed by atoms with van der Waals surface area (Å²) >= 11 is 0. The molecule has 7 heteroatoms. The van der Waals surface area contributed by atoms with Crippen molar-refractivity contribution in [2.75, 3.05) is 62.2 Å². The zero-order chi connectivity index (χ0) is 21.5. The molecule has 164 valence electrons. The maximum atomic E-state index is 12.2. The van der Waals surface area contributed by atoms with Crippen LogP contribution in [0.1, 0.15) is 12.8 Å². The van der Waals surface area contributed by atoms with E-state index in [0.717, 1.165) is 58.7 Å². The van der Waals surface area contributed by atoms with E-state index in [1.165, 1.54) is 5.69 Å². The van der Waals surface area contributed by atoms with Crippen LogP contribution >= 0.6 is 0 Å². The second-order valence-electron chi connectivity index (χ2n) is 8.12. The van der Waals surface area contributed by atoms with Gasteiger partial charge in [0.15, 0.2) is 5.82 Å². The first-order valence-electron chi connectivity index (χ1n) is 11.1. The van der Waals surface area contributed by atoms with Crippen LogP contribution in [0.3, 0.4) is 0 Å². The molecule has 0 bridgehead atoms. The number of piperazine rings is 1. The van der Waals surface area contributed by atoms with Gasteiger partial charge in [-0.15, -0.1) is 0 Å². The molecular weight excluding hydrogens is 390 g/mol. The van der Waals surface area contributed by atoms with Crippen molar-refractivity contribution in [3.63, 3.8) is 0 Å². The molecule has 1 aromatic heterocycles. The summed E-state index contributed by atoms with van der Waals surface area (Å²) in [6, 6.07) is 10.6. The van der Waals surface area contributed by atoms with Gasteiger partial charge in [0.25, 0.3) is 5.56 Å². The Hall–Kier alpha value is -2.82. The van der Waals surface area contributed by atoms with Gasteiger partial charge in [-0.05, 0) is 25.0 Å². The fourth-order valence-corrected chi connectivity index (χ4v) is 4.12. The highest BCUT2D eigenvalue weighted by molar-refractivity contribution is 5.46. The van der Waals surface area contributed by atoms with Crippen molar-refractivity contribution in [3.8, 4) is 11.8 Å². The van der Waals surface area contributed by atoms with Crippen LogP contribution in [-0.2, 0) is 11.8 Å². The van der Waals surface area contributed by atoms with Crippen molar-refractivity contribution in [2.24, 2.45) is 7.05 Å². The topological polar surface area (TPSA) is 53.8 Å². The van der Waals surface area contributed by atoms with Gasteiger partial charge in [-0.3, -0.25) is 9.69 Å². The number of nitrogens with zero attached hydrogens (tertiary/aromatic N) is 5. The maximum absolute atomic E-state index is 12.2. The quantitative estimate of drug-likeness (QED) is 0.684. The Labute approximate surface area is 184 Å². The normalized spacial score (nSPS) is 18.0. The largest absolute Gasteiger partial charge is 0.369 e. The molecule has 2 fully saturated rings. The molecule has 0 saturated carbocycles. The van der Waals surface area contributed by atoms with Gasteiger partial charge in [0.2, 0.25) is 0 Å². The van der Waals surface area contributed by atoms with Gasteiger partial charge in [0, 0.05) is 64.4 Å². The predicted octanol–water partition coefficient (Wildman–Crippen LogP) is 1.59. The molecule has 0 amide bonds. The summed E-state index contributed by atoms with van der Waals surface area (Å²) in [4.78, 5) is 23.4. The van der Waals surface area contributed by atoms with E-state index in [1.807, 2.05) is 0 Å². The number of ether oxygens (including phenoxy) is 1. The average Bonchev–Trinajstić information content (AvgIpc) is 2.82. The molecule has 2 aliphatic rings. The third-order valence-electron chi connectivity index (χ3n) is 6.05. The van der Waals surface area contributed by atoms with Crippen molar-refractivity contribution in [3.05, 3.63) is 53.1 Å². The summed E-state index contributed by atoms with van der Waals surface area (Å²) < 4.78 is 7.53. The van der Waals surface area contributed by atoms with Gasteiger partial charge in [-0.2, -0.15) is 0 Å². The van der Waals surface area contributed by atoms with E-state index in [2.05, 4.69) is 61.9 Å². The summed E-state index contributed by atoms with van der Waals surface area (Å²) in [5.74, 6) is 6.98. The Morgan fingerprint density at radius 1 is 1.00 bits per heavy atom. The van der Waals surface area contributed by atoms with Crippen LogP contribution in [0.4, 0.5) is 11.5 Å². The van der Waals surface area contributed by atoms with E-state index in [4.69, 9.17) is 4.74 Å². The molecule has 4 rings (SSSR count). The molecule has 31 heavy (non-hydrogen) atoms. The van der Waals surface area contributed by atoms with Crippen LogP contribution in [0.15, 0.2) is 47.5 Å². The molecule has 0 atom stereocenters. The van der Waals surface area contributed by atoms with Crippen LogP contribution in [-0.4, -0.2) is 73.0 Å². The lowest BCUT2D eigenvalue weighted by molar-refractivity contribution is 0.0593. The first kappa shape index (κ1) is 21.4. The van der Waals surface area contributed by atoms with Crippen LogP contribution in [0.5, 0.6) is 0 Å². The summed E-state index contributed by atoms with van der Waals surface area (Å²) in [5.41, 5.74) is 1.26. The lowest BCUT2D eigenvalue weighted by Crippen LogP contribution is -2.46. The number of aryl methyl sites for hydroxylation is 1. The molecule has 1 aromatic carbocycles. The highest BCUT2D eigenvalue weighted by Crippen LogP contribution is 2.17. The molecule has 0 unspecified atom stereocenters. The lowest BCUT2D eigenvalue weighted by atomic mass is 10.1. The molecule has 0 spiro atoms. The second-order valence-corrected chi connectivity index (χ2v) is 8.12. The number of para-hydroxylation sites is 1. The number of piperidine rings is 1. The van der Waals surface area contributed by atoms with Crippen molar-refractivity contribution in [2.45, 2.75) is 18.9 Å². The molecule has 0 radical (unpaired) electrons.